The highest BCUT2D eigenvalue weighted by atomic mass is 79.9. The van der Waals surface area contributed by atoms with E-state index in [4.69, 9.17) is 0 Å². The maximum Gasteiger partial charge on any atom is 0.0591 e. The second-order valence-corrected chi connectivity index (χ2v) is 7.37. The third-order valence-corrected chi connectivity index (χ3v) is 5.45. The van der Waals surface area contributed by atoms with Gasteiger partial charge in [-0.15, -0.1) is 0 Å². The first-order valence-corrected chi connectivity index (χ1v) is 8.64. The van der Waals surface area contributed by atoms with E-state index in [1.54, 1.807) is 0 Å². The minimum absolute atomic E-state index is 0.178. The van der Waals surface area contributed by atoms with Crippen LogP contribution in [0.1, 0.15) is 39.4 Å². The number of rotatable bonds is 3. The lowest BCUT2D eigenvalue weighted by molar-refractivity contribution is 0.679. The second-order valence-electron chi connectivity index (χ2n) is 5.66. The van der Waals surface area contributed by atoms with Crippen molar-refractivity contribution in [3.05, 3.63) is 66.6 Å². The molecule has 2 aromatic carbocycles. The van der Waals surface area contributed by atoms with Gasteiger partial charge in [0, 0.05) is 8.95 Å². The maximum atomic E-state index is 3.72. The van der Waals surface area contributed by atoms with E-state index in [9.17, 15) is 0 Å². The highest BCUT2D eigenvalue weighted by Gasteiger charge is 2.20. The lowest BCUT2D eigenvalue weighted by Crippen LogP contribution is -2.20. The number of nitrogens with one attached hydrogen (secondary N) is 1. The number of halogens is 2. The molecule has 0 radical (unpaired) electrons. The van der Waals surface area contributed by atoms with E-state index >= 15 is 0 Å². The molecule has 3 heteroatoms. The van der Waals surface area contributed by atoms with Gasteiger partial charge in [-0.25, -0.2) is 0 Å². The Hall–Kier alpha value is -0.640. The SMILES string of the molecule is CNC(c1cc(Br)c(C)cc1Br)c1c(C)cc(C)cc1C. The van der Waals surface area contributed by atoms with Gasteiger partial charge >= 0.3 is 0 Å². The van der Waals surface area contributed by atoms with Crippen molar-refractivity contribution >= 4 is 31.9 Å². The monoisotopic (exact) mass is 409 g/mol. The molecule has 0 aliphatic heterocycles. The highest BCUT2D eigenvalue weighted by molar-refractivity contribution is 9.11. The summed E-state index contributed by atoms with van der Waals surface area (Å²) in [6.07, 6.45) is 0. The summed E-state index contributed by atoms with van der Waals surface area (Å²) in [4.78, 5) is 0. The van der Waals surface area contributed by atoms with Gasteiger partial charge in [0.1, 0.15) is 0 Å². The van der Waals surface area contributed by atoms with Gasteiger partial charge in [0.25, 0.3) is 0 Å². The zero-order valence-electron chi connectivity index (χ0n) is 13.1. The standard InChI is InChI=1S/C18H21Br2N/c1-10-6-12(3)17(13(4)7-10)18(21-5)14-9-15(19)11(2)8-16(14)20/h6-9,18,21H,1-5H3. The predicted molar refractivity (Wildman–Crippen MR) is 98.1 cm³/mol. The first kappa shape index (κ1) is 16.7. The Morgan fingerprint density at radius 2 is 1.38 bits per heavy atom. The summed E-state index contributed by atoms with van der Waals surface area (Å²) < 4.78 is 2.28. The van der Waals surface area contributed by atoms with Crippen LogP contribution in [-0.2, 0) is 0 Å². The van der Waals surface area contributed by atoms with E-state index in [-0.39, 0.29) is 6.04 Å². The molecule has 0 aliphatic rings. The van der Waals surface area contributed by atoms with E-state index < -0.39 is 0 Å². The number of benzene rings is 2. The molecule has 1 nitrogen and oxygen atoms in total. The number of hydrogen-bond acceptors (Lipinski definition) is 1. The minimum atomic E-state index is 0.178. The van der Waals surface area contributed by atoms with Crippen LogP contribution in [0.3, 0.4) is 0 Å². The van der Waals surface area contributed by atoms with Crippen LogP contribution in [0.4, 0.5) is 0 Å². The molecule has 0 bridgehead atoms. The molecular formula is C18H21Br2N. The molecule has 1 atom stereocenters. The van der Waals surface area contributed by atoms with Crippen molar-refractivity contribution in [1.82, 2.24) is 5.32 Å². The van der Waals surface area contributed by atoms with E-state index in [1.165, 1.54) is 33.4 Å². The third-order valence-electron chi connectivity index (χ3n) is 3.90. The zero-order chi connectivity index (χ0) is 15.7. The van der Waals surface area contributed by atoms with Crippen LogP contribution >= 0.6 is 31.9 Å². The van der Waals surface area contributed by atoms with Gasteiger partial charge in [-0.05, 0) is 74.7 Å². The smallest absolute Gasteiger partial charge is 0.0591 e. The Morgan fingerprint density at radius 3 is 1.90 bits per heavy atom. The molecule has 1 N–H and O–H groups in total. The van der Waals surface area contributed by atoms with Gasteiger partial charge in [-0.2, -0.15) is 0 Å². The van der Waals surface area contributed by atoms with Crippen molar-refractivity contribution < 1.29 is 0 Å². The first-order chi connectivity index (χ1) is 9.85. The van der Waals surface area contributed by atoms with Gasteiger partial charge in [0.15, 0.2) is 0 Å². The fourth-order valence-electron chi connectivity index (χ4n) is 2.98. The number of aryl methyl sites for hydroxylation is 4. The van der Waals surface area contributed by atoms with Crippen LogP contribution in [0.15, 0.2) is 33.2 Å². The minimum Gasteiger partial charge on any atom is -0.309 e. The van der Waals surface area contributed by atoms with Crippen LogP contribution in [0.2, 0.25) is 0 Å². The second kappa shape index (κ2) is 6.64. The Bertz CT molecular complexity index is 654. The van der Waals surface area contributed by atoms with Gasteiger partial charge in [-0.3, -0.25) is 0 Å². The lowest BCUT2D eigenvalue weighted by atomic mass is 9.90. The number of hydrogen-bond donors (Lipinski definition) is 1. The molecule has 21 heavy (non-hydrogen) atoms. The fourth-order valence-corrected chi connectivity index (χ4v) is 4.03. The molecule has 0 spiro atoms. The maximum absolute atomic E-state index is 3.72. The van der Waals surface area contributed by atoms with E-state index in [0.29, 0.717) is 0 Å². The van der Waals surface area contributed by atoms with Gasteiger partial charge in [0.05, 0.1) is 6.04 Å². The van der Waals surface area contributed by atoms with Gasteiger partial charge < -0.3 is 5.32 Å². The van der Waals surface area contributed by atoms with Crippen LogP contribution in [-0.4, -0.2) is 7.05 Å². The Morgan fingerprint density at radius 1 is 0.810 bits per heavy atom. The van der Waals surface area contributed by atoms with Crippen LogP contribution < -0.4 is 5.32 Å². The summed E-state index contributed by atoms with van der Waals surface area (Å²) >= 11 is 7.37. The van der Waals surface area contributed by atoms with Gasteiger partial charge in [-0.1, -0.05) is 49.6 Å². The largest absolute Gasteiger partial charge is 0.309 e. The average molecular weight is 411 g/mol. The highest BCUT2D eigenvalue weighted by Crippen LogP contribution is 2.35. The van der Waals surface area contributed by atoms with E-state index in [0.717, 1.165) is 8.95 Å². The molecule has 0 fully saturated rings. The fraction of sp³-hybridized carbons (Fsp3) is 0.333. The van der Waals surface area contributed by atoms with Crippen molar-refractivity contribution in [1.29, 1.82) is 0 Å². The van der Waals surface area contributed by atoms with Crippen molar-refractivity contribution in [3.63, 3.8) is 0 Å². The molecule has 0 aromatic heterocycles. The molecule has 0 amide bonds. The van der Waals surface area contributed by atoms with Gasteiger partial charge in [0.2, 0.25) is 0 Å². The van der Waals surface area contributed by atoms with Crippen LogP contribution in [0.25, 0.3) is 0 Å². The average Bonchev–Trinajstić information content (AvgIpc) is 2.38. The third kappa shape index (κ3) is 3.41. The first-order valence-electron chi connectivity index (χ1n) is 7.05. The predicted octanol–water partition coefficient (Wildman–Crippen LogP) is 5.75. The van der Waals surface area contributed by atoms with E-state index in [2.05, 4.69) is 89.1 Å². The summed E-state index contributed by atoms with van der Waals surface area (Å²) in [5.74, 6) is 0. The zero-order valence-corrected chi connectivity index (χ0v) is 16.3. The molecule has 0 saturated carbocycles. The lowest BCUT2D eigenvalue weighted by Gasteiger charge is -2.24. The molecule has 0 saturated heterocycles. The van der Waals surface area contributed by atoms with Crippen LogP contribution in [0.5, 0.6) is 0 Å². The molecule has 2 aromatic rings. The quantitative estimate of drug-likeness (QED) is 0.678. The molecule has 2 rings (SSSR count). The Kier molecular flexibility index (Phi) is 5.29. The van der Waals surface area contributed by atoms with E-state index in [1.807, 2.05) is 7.05 Å². The van der Waals surface area contributed by atoms with Crippen molar-refractivity contribution in [3.8, 4) is 0 Å². The molecule has 0 heterocycles. The summed E-state index contributed by atoms with van der Waals surface area (Å²) in [5, 5.41) is 3.47. The molecule has 112 valence electrons. The molecule has 1 unspecified atom stereocenters. The molecule has 0 aliphatic carbocycles. The van der Waals surface area contributed by atoms with Crippen molar-refractivity contribution in [2.24, 2.45) is 0 Å². The topological polar surface area (TPSA) is 12.0 Å². The van der Waals surface area contributed by atoms with Crippen LogP contribution in [0, 0.1) is 27.7 Å². The van der Waals surface area contributed by atoms with Crippen molar-refractivity contribution in [2.45, 2.75) is 33.7 Å². The summed E-state index contributed by atoms with van der Waals surface area (Å²) in [6, 6.07) is 9.06. The summed E-state index contributed by atoms with van der Waals surface area (Å²) in [5.41, 5.74) is 7.82. The molecular weight excluding hydrogens is 390 g/mol. The Balaban J connectivity index is 2.63. The van der Waals surface area contributed by atoms with Crippen molar-refractivity contribution in [2.75, 3.05) is 7.05 Å². The Labute approximate surface area is 144 Å². The summed E-state index contributed by atoms with van der Waals surface area (Å²) in [6.45, 7) is 8.64. The summed E-state index contributed by atoms with van der Waals surface area (Å²) in [7, 11) is 2.02. The normalized spacial score (nSPS) is 12.5.